The van der Waals surface area contributed by atoms with Crippen LogP contribution in [0.1, 0.15) is 0 Å². The lowest BCUT2D eigenvalue weighted by atomic mass is 10.3. The Morgan fingerprint density at radius 2 is 2.20 bits per heavy atom. The first-order valence-corrected chi connectivity index (χ1v) is 6.13. The third kappa shape index (κ3) is 4.62. The number of H-pyrrole nitrogens is 1. The Hall–Kier alpha value is -2.54. The van der Waals surface area contributed by atoms with Crippen molar-refractivity contribution in [3.63, 3.8) is 0 Å². The Kier molecular flexibility index (Phi) is 4.96. The SMILES string of the molecule is O=C(NC[C@H](O)COc1ccccc1)Nc1cn[nH]c1. The number of aliphatic hydroxyl groups is 1. The van der Waals surface area contributed by atoms with Crippen LogP contribution < -0.4 is 15.4 Å². The van der Waals surface area contributed by atoms with Crippen LogP contribution in [0, 0.1) is 0 Å². The van der Waals surface area contributed by atoms with E-state index in [1.165, 1.54) is 6.20 Å². The number of hydrogen-bond donors (Lipinski definition) is 4. The molecule has 1 heterocycles. The van der Waals surface area contributed by atoms with Crippen molar-refractivity contribution in [2.45, 2.75) is 6.10 Å². The number of nitrogens with zero attached hydrogens (tertiary/aromatic N) is 1. The van der Waals surface area contributed by atoms with Gasteiger partial charge in [-0.3, -0.25) is 5.10 Å². The van der Waals surface area contributed by atoms with Crippen LogP contribution in [-0.2, 0) is 0 Å². The van der Waals surface area contributed by atoms with E-state index in [4.69, 9.17) is 4.74 Å². The molecule has 2 rings (SSSR count). The van der Waals surface area contributed by atoms with Crippen LogP contribution in [0.5, 0.6) is 5.75 Å². The first kappa shape index (κ1) is 13.9. The third-order valence-corrected chi connectivity index (χ3v) is 2.44. The van der Waals surface area contributed by atoms with Gasteiger partial charge in [0.2, 0.25) is 0 Å². The summed E-state index contributed by atoms with van der Waals surface area (Å²) >= 11 is 0. The fourth-order valence-corrected chi connectivity index (χ4v) is 1.47. The van der Waals surface area contributed by atoms with Gasteiger partial charge in [0.15, 0.2) is 0 Å². The van der Waals surface area contributed by atoms with Crippen molar-refractivity contribution in [2.24, 2.45) is 0 Å². The van der Waals surface area contributed by atoms with Gasteiger partial charge in [0.05, 0.1) is 11.9 Å². The molecule has 2 amide bonds. The van der Waals surface area contributed by atoms with E-state index in [2.05, 4.69) is 20.8 Å². The molecular weight excluding hydrogens is 260 g/mol. The summed E-state index contributed by atoms with van der Waals surface area (Å²) in [6.45, 7) is 0.201. The molecule has 0 bridgehead atoms. The molecule has 0 aliphatic rings. The molecule has 0 aliphatic heterocycles. The molecule has 20 heavy (non-hydrogen) atoms. The number of aromatic amines is 1. The van der Waals surface area contributed by atoms with Gasteiger partial charge >= 0.3 is 6.03 Å². The maximum Gasteiger partial charge on any atom is 0.319 e. The van der Waals surface area contributed by atoms with E-state index in [0.717, 1.165) is 0 Å². The number of carbonyl (C=O) groups is 1. The Balaban J connectivity index is 1.64. The molecule has 0 radical (unpaired) electrons. The molecule has 1 atom stereocenters. The van der Waals surface area contributed by atoms with Crippen LogP contribution in [0.25, 0.3) is 0 Å². The zero-order valence-corrected chi connectivity index (χ0v) is 10.7. The molecule has 1 aromatic heterocycles. The number of urea groups is 1. The number of aliphatic hydroxyl groups excluding tert-OH is 1. The number of anilines is 1. The summed E-state index contributed by atoms with van der Waals surface area (Å²) < 4.78 is 5.37. The van der Waals surface area contributed by atoms with E-state index < -0.39 is 12.1 Å². The number of amides is 2. The molecule has 7 nitrogen and oxygen atoms in total. The van der Waals surface area contributed by atoms with Crippen molar-refractivity contribution in [1.82, 2.24) is 15.5 Å². The van der Waals surface area contributed by atoms with E-state index in [1.54, 1.807) is 18.3 Å². The number of rotatable bonds is 6. The van der Waals surface area contributed by atoms with E-state index in [9.17, 15) is 9.90 Å². The highest BCUT2D eigenvalue weighted by Gasteiger charge is 2.08. The van der Waals surface area contributed by atoms with Gasteiger partial charge in [0.1, 0.15) is 18.5 Å². The van der Waals surface area contributed by atoms with Crippen LogP contribution in [0.15, 0.2) is 42.7 Å². The van der Waals surface area contributed by atoms with Crippen LogP contribution in [0.2, 0.25) is 0 Å². The fraction of sp³-hybridized carbons (Fsp3) is 0.231. The van der Waals surface area contributed by atoms with Crippen molar-refractivity contribution in [3.8, 4) is 5.75 Å². The van der Waals surface area contributed by atoms with Gasteiger partial charge in [-0.25, -0.2) is 4.79 Å². The van der Waals surface area contributed by atoms with Crippen LogP contribution in [0.3, 0.4) is 0 Å². The minimum absolute atomic E-state index is 0.0938. The second-order valence-corrected chi connectivity index (χ2v) is 4.10. The summed E-state index contributed by atoms with van der Waals surface area (Å²) in [6, 6.07) is 8.75. The quantitative estimate of drug-likeness (QED) is 0.631. The molecule has 0 aliphatic carbocycles. The summed E-state index contributed by atoms with van der Waals surface area (Å²) in [5.74, 6) is 0.675. The van der Waals surface area contributed by atoms with Crippen molar-refractivity contribution >= 4 is 11.7 Å². The van der Waals surface area contributed by atoms with Crippen LogP contribution >= 0.6 is 0 Å². The maximum atomic E-state index is 11.5. The Morgan fingerprint density at radius 1 is 1.40 bits per heavy atom. The molecule has 0 saturated carbocycles. The Bertz CT molecular complexity index is 516. The molecule has 7 heteroatoms. The highest BCUT2D eigenvalue weighted by atomic mass is 16.5. The first-order chi connectivity index (χ1) is 9.74. The van der Waals surface area contributed by atoms with Gasteiger partial charge in [-0.1, -0.05) is 18.2 Å². The standard InChI is InChI=1S/C13H16N4O3/c18-11(9-20-12-4-2-1-3-5-12)8-14-13(19)17-10-6-15-16-7-10/h1-7,11,18H,8-9H2,(H,15,16)(H2,14,17,19)/t11-/m0/s1. The van der Waals surface area contributed by atoms with Gasteiger partial charge in [-0.05, 0) is 12.1 Å². The molecule has 2 aromatic rings. The molecule has 0 unspecified atom stereocenters. The average Bonchev–Trinajstić information content (AvgIpc) is 2.97. The Morgan fingerprint density at radius 3 is 2.90 bits per heavy atom. The van der Waals surface area contributed by atoms with E-state index in [-0.39, 0.29) is 13.2 Å². The second kappa shape index (κ2) is 7.15. The largest absolute Gasteiger partial charge is 0.491 e. The molecule has 0 spiro atoms. The number of hydrogen-bond acceptors (Lipinski definition) is 4. The summed E-state index contributed by atoms with van der Waals surface area (Å²) in [7, 11) is 0. The number of benzene rings is 1. The smallest absolute Gasteiger partial charge is 0.319 e. The number of carbonyl (C=O) groups excluding carboxylic acids is 1. The van der Waals surface area contributed by atoms with E-state index in [0.29, 0.717) is 11.4 Å². The van der Waals surface area contributed by atoms with Crippen molar-refractivity contribution in [3.05, 3.63) is 42.7 Å². The summed E-state index contributed by atoms with van der Waals surface area (Å²) in [4.78, 5) is 11.5. The maximum absolute atomic E-state index is 11.5. The second-order valence-electron chi connectivity index (χ2n) is 4.10. The molecule has 0 saturated heterocycles. The topological polar surface area (TPSA) is 99.3 Å². The number of ether oxygens (including phenoxy) is 1. The molecular formula is C13H16N4O3. The third-order valence-electron chi connectivity index (χ3n) is 2.44. The van der Waals surface area contributed by atoms with Crippen LogP contribution in [0.4, 0.5) is 10.5 Å². The van der Waals surface area contributed by atoms with Crippen LogP contribution in [-0.4, -0.2) is 40.6 Å². The molecule has 1 aromatic carbocycles. The molecule has 106 valence electrons. The van der Waals surface area contributed by atoms with Crippen molar-refractivity contribution in [2.75, 3.05) is 18.5 Å². The zero-order valence-electron chi connectivity index (χ0n) is 10.7. The molecule has 0 fully saturated rings. The summed E-state index contributed by atoms with van der Waals surface area (Å²) in [5.41, 5.74) is 0.553. The van der Waals surface area contributed by atoms with Gasteiger partial charge < -0.3 is 20.5 Å². The lowest BCUT2D eigenvalue weighted by molar-refractivity contribution is 0.108. The van der Waals surface area contributed by atoms with Crippen molar-refractivity contribution in [1.29, 1.82) is 0 Å². The predicted molar refractivity (Wildman–Crippen MR) is 73.6 cm³/mol. The summed E-state index contributed by atoms with van der Waals surface area (Å²) in [6.07, 6.45) is 2.24. The van der Waals surface area contributed by atoms with Gasteiger partial charge in [-0.2, -0.15) is 5.10 Å². The van der Waals surface area contributed by atoms with E-state index in [1.807, 2.05) is 18.2 Å². The monoisotopic (exact) mass is 276 g/mol. The number of para-hydroxylation sites is 1. The zero-order chi connectivity index (χ0) is 14.2. The van der Waals surface area contributed by atoms with Gasteiger partial charge in [0, 0.05) is 12.7 Å². The lowest BCUT2D eigenvalue weighted by Crippen LogP contribution is -2.37. The summed E-state index contributed by atoms with van der Waals surface area (Å²) in [5, 5.41) is 21.1. The minimum Gasteiger partial charge on any atom is -0.491 e. The number of nitrogens with one attached hydrogen (secondary N) is 3. The highest BCUT2D eigenvalue weighted by Crippen LogP contribution is 2.08. The van der Waals surface area contributed by atoms with Crippen molar-refractivity contribution < 1.29 is 14.6 Å². The van der Waals surface area contributed by atoms with Gasteiger partial charge in [-0.15, -0.1) is 0 Å². The lowest BCUT2D eigenvalue weighted by Gasteiger charge is -2.13. The Labute approximate surface area is 116 Å². The fourth-order valence-electron chi connectivity index (χ4n) is 1.47. The molecule has 4 N–H and O–H groups in total. The van der Waals surface area contributed by atoms with Gasteiger partial charge in [0.25, 0.3) is 0 Å². The highest BCUT2D eigenvalue weighted by molar-refractivity contribution is 5.88. The average molecular weight is 276 g/mol. The number of aromatic nitrogens is 2. The first-order valence-electron chi connectivity index (χ1n) is 6.13. The van der Waals surface area contributed by atoms with E-state index >= 15 is 0 Å². The minimum atomic E-state index is -0.787. The normalized spacial score (nSPS) is 11.7. The predicted octanol–water partition coefficient (Wildman–Crippen LogP) is 0.971.